The standard InChI is InChI=1S/C14H14Cl2N2O2/c15-12-4-3-10(8-13(12)16)17-6-5-14(19)18-9-11-2-1-7-20-11/h1-4,7-8,17H,5-6,9H2,(H,18,19). The van der Waals surface area contributed by atoms with Gasteiger partial charge in [0.05, 0.1) is 22.9 Å². The predicted molar refractivity (Wildman–Crippen MR) is 80.1 cm³/mol. The van der Waals surface area contributed by atoms with Crippen LogP contribution >= 0.6 is 23.2 Å². The molecule has 20 heavy (non-hydrogen) atoms. The summed E-state index contributed by atoms with van der Waals surface area (Å²) < 4.78 is 5.12. The molecule has 0 saturated carbocycles. The number of furan rings is 1. The summed E-state index contributed by atoms with van der Waals surface area (Å²) in [4.78, 5) is 11.6. The first-order valence-corrected chi connectivity index (χ1v) is 6.89. The second-order valence-electron chi connectivity index (χ2n) is 4.16. The van der Waals surface area contributed by atoms with Gasteiger partial charge in [0.2, 0.25) is 5.91 Å². The SMILES string of the molecule is O=C(CCNc1ccc(Cl)c(Cl)c1)NCc1ccco1. The van der Waals surface area contributed by atoms with Gasteiger partial charge >= 0.3 is 0 Å². The molecule has 1 amide bonds. The van der Waals surface area contributed by atoms with Crippen molar-refractivity contribution >= 4 is 34.8 Å². The van der Waals surface area contributed by atoms with Crippen LogP contribution in [0.5, 0.6) is 0 Å². The van der Waals surface area contributed by atoms with E-state index in [0.29, 0.717) is 29.6 Å². The molecule has 2 N–H and O–H groups in total. The minimum atomic E-state index is -0.0473. The molecule has 106 valence electrons. The summed E-state index contributed by atoms with van der Waals surface area (Å²) in [6.45, 7) is 0.917. The van der Waals surface area contributed by atoms with E-state index < -0.39 is 0 Å². The number of carbonyl (C=O) groups is 1. The Hall–Kier alpha value is -1.65. The van der Waals surface area contributed by atoms with Gasteiger partial charge in [0, 0.05) is 18.7 Å². The van der Waals surface area contributed by atoms with Gasteiger partial charge < -0.3 is 15.1 Å². The molecule has 0 aliphatic rings. The van der Waals surface area contributed by atoms with Gasteiger partial charge in [-0.1, -0.05) is 23.2 Å². The fraction of sp³-hybridized carbons (Fsp3) is 0.214. The molecule has 0 spiro atoms. The molecule has 6 heteroatoms. The maximum atomic E-state index is 11.6. The summed E-state index contributed by atoms with van der Waals surface area (Å²) in [5.74, 6) is 0.685. The van der Waals surface area contributed by atoms with Crippen LogP contribution in [-0.4, -0.2) is 12.5 Å². The molecule has 0 aliphatic heterocycles. The Balaban J connectivity index is 1.69. The number of nitrogens with one attached hydrogen (secondary N) is 2. The molecule has 0 saturated heterocycles. The Morgan fingerprint density at radius 2 is 2.05 bits per heavy atom. The molecule has 0 bridgehead atoms. The monoisotopic (exact) mass is 312 g/mol. The zero-order chi connectivity index (χ0) is 14.4. The number of carbonyl (C=O) groups excluding carboxylic acids is 1. The van der Waals surface area contributed by atoms with Crippen LogP contribution in [0, 0.1) is 0 Å². The molecule has 0 radical (unpaired) electrons. The lowest BCUT2D eigenvalue weighted by Gasteiger charge is -2.07. The van der Waals surface area contributed by atoms with Gasteiger partial charge in [-0.25, -0.2) is 0 Å². The maximum Gasteiger partial charge on any atom is 0.222 e. The van der Waals surface area contributed by atoms with Gasteiger partial charge in [0.1, 0.15) is 5.76 Å². The minimum Gasteiger partial charge on any atom is -0.467 e. The summed E-state index contributed by atoms with van der Waals surface area (Å²) in [5, 5.41) is 6.87. The first kappa shape index (κ1) is 14.8. The van der Waals surface area contributed by atoms with Gasteiger partial charge in [-0.05, 0) is 30.3 Å². The maximum absolute atomic E-state index is 11.6. The number of halogens is 2. The summed E-state index contributed by atoms with van der Waals surface area (Å²) >= 11 is 11.7. The molecule has 2 rings (SSSR count). The lowest BCUT2D eigenvalue weighted by Crippen LogP contribution is -2.24. The van der Waals surface area contributed by atoms with Crippen molar-refractivity contribution in [1.82, 2.24) is 5.32 Å². The fourth-order valence-electron chi connectivity index (χ4n) is 1.61. The molecular weight excluding hydrogens is 299 g/mol. The zero-order valence-electron chi connectivity index (χ0n) is 10.7. The number of rotatable bonds is 6. The highest BCUT2D eigenvalue weighted by molar-refractivity contribution is 6.42. The van der Waals surface area contributed by atoms with E-state index in [4.69, 9.17) is 27.6 Å². The topological polar surface area (TPSA) is 54.3 Å². The van der Waals surface area contributed by atoms with Crippen LogP contribution in [-0.2, 0) is 11.3 Å². The average Bonchev–Trinajstić information content (AvgIpc) is 2.94. The van der Waals surface area contributed by atoms with Crippen molar-refractivity contribution in [3.8, 4) is 0 Å². The van der Waals surface area contributed by atoms with Crippen LogP contribution in [0.4, 0.5) is 5.69 Å². The van der Waals surface area contributed by atoms with Crippen molar-refractivity contribution in [2.24, 2.45) is 0 Å². The predicted octanol–water partition coefficient (Wildman–Crippen LogP) is 3.70. The second-order valence-corrected chi connectivity index (χ2v) is 4.98. The highest BCUT2D eigenvalue weighted by atomic mass is 35.5. The fourth-order valence-corrected chi connectivity index (χ4v) is 1.91. The van der Waals surface area contributed by atoms with Crippen LogP contribution < -0.4 is 10.6 Å². The van der Waals surface area contributed by atoms with E-state index in [9.17, 15) is 4.79 Å². The highest BCUT2D eigenvalue weighted by Crippen LogP contribution is 2.24. The van der Waals surface area contributed by atoms with E-state index in [0.717, 1.165) is 11.4 Å². The Bertz CT molecular complexity index is 571. The van der Waals surface area contributed by atoms with Crippen molar-refractivity contribution in [3.63, 3.8) is 0 Å². The Kier molecular flexibility index (Phi) is 5.32. The Morgan fingerprint density at radius 3 is 2.75 bits per heavy atom. The first-order valence-electron chi connectivity index (χ1n) is 6.13. The van der Waals surface area contributed by atoms with Crippen LogP contribution in [0.3, 0.4) is 0 Å². The number of anilines is 1. The van der Waals surface area contributed by atoms with Crippen molar-refractivity contribution < 1.29 is 9.21 Å². The third-order valence-electron chi connectivity index (χ3n) is 2.64. The summed E-state index contributed by atoms with van der Waals surface area (Å²) in [6, 6.07) is 8.85. The van der Waals surface area contributed by atoms with Crippen molar-refractivity contribution in [1.29, 1.82) is 0 Å². The average molecular weight is 313 g/mol. The van der Waals surface area contributed by atoms with Gasteiger partial charge in [-0.15, -0.1) is 0 Å². The van der Waals surface area contributed by atoms with E-state index in [-0.39, 0.29) is 5.91 Å². The van der Waals surface area contributed by atoms with E-state index in [1.807, 2.05) is 12.1 Å². The van der Waals surface area contributed by atoms with Crippen LogP contribution in [0.1, 0.15) is 12.2 Å². The number of benzene rings is 1. The quantitative estimate of drug-likeness (QED) is 0.855. The van der Waals surface area contributed by atoms with Crippen LogP contribution in [0.15, 0.2) is 41.0 Å². The van der Waals surface area contributed by atoms with E-state index in [2.05, 4.69) is 10.6 Å². The Morgan fingerprint density at radius 1 is 1.20 bits per heavy atom. The number of hydrogen-bond acceptors (Lipinski definition) is 3. The lowest BCUT2D eigenvalue weighted by atomic mass is 10.3. The minimum absolute atomic E-state index is 0.0473. The van der Waals surface area contributed by atoms with Crippen LogP contribution in [0.2, 0.25) is 10.0 Å². The molecule has 1 aromatic heterocycles. The molecule has 0 aliphatic carbocycles. The third kappa shape index (κ3) is 4.47. The molecule has 1 aromatic carbocycles. The first-order chi connectivity index (χ1) is 9.65. The lowest BCUT2D eigenvalue weighted by molar-refractivity contribution is -0.121. The van der Waals surface area contributed by atoms with E-state index in [1.54, 1.807) is 24.5 Å². The van der Waals surface area contributed by atoms with Crippen LogP contribution in [0.25, 0.3) is 0 Å². The van der Waals surface area contributed by atoms with Gasteiger partial charge in [-0.2, -0.15) is 0 Å². The summed E-state index contributed by atoms with van der Waals surface area (Å²) in [5.41, 5.74) is 0.832. The smallest absolute Gasteiger partial charge is 0.222 e. The normalized spacial score (nSPS) is 10.3. The van der Waals surface area contributed by atoms with Gasteiger partial charge in [0.25, 0.3) is 0 Å². The van der Waals surface area contributed by atoms with Gasteiger partial charge in [-0.3, -0.25) is 4.79 Å². The van der Waals surface area contributed by atoms with Crippen molar-refractivity contribution in [2.45, 2.75) is 13.0 Å². The molecule has 0 fully saturated rings. The third-order valence-corrected chi connectivity index (χ3v) is 3.38. The molecule has 1 heterocycles. The molecule has 0 atom stereocenters. The highest BCUT2D eigenvalue weighted by Gasteiger charge is 2.03. The Labute approximate surface area is 127 Å². The second kappa shape index (κ2) is 7.22. The molecular formula is C14H14Cl2N2O2. The van der Waals surface area contributed by atoms with E-state index in [1.165, 1.54) is 0 Å². The summed E-state index contributed by atoms with van der Waals surface area (Å²) in [7, 11) is 0. The summed E-state index contributed by atoms with van der Waals surface area (Å²) in [6.07, 6.45) is 1.94. The van der Waals surface area contributed by atoms with Crippen molar-refractivity contribution in [2.75, 3.05) is 11.9 Å². The number of hydrogen-bond donors (Lipinski definition) is 2. The van der Waals surface area contributed by atoms with Crippen molar-refractivity contribution in [3.05, 3.63) is 52.4 Å². The largest absolute Gasteiger partial charge is 0.467 e. The van der Waals surface area contributed by atoms with Gasteiger partial charge in [0.15, 0.2) is 0 Å². The molecule has 4 nitrogen and oxygen atoms in total. The molecule has 0 unspecified atom stereocenters. The van der Waals surface area contributed by atoms with E-state index >= 15 is 0 Å². The zero-order valence-corrected chi connectivity index (χ0v) is 12.2. The molecule has 2 aromatic rings. The number of amides is 1.